The van der Waals surface area contributed by atoms with Gasteiger partial charge in [-0.2, -0.15) is 4.98 Å². The summed E-state index contributed by atoms with van der Waals surface area (Å²) in [5.41, 5.74) is 5.87. The van der Waals surface area contributed by atoms with Crippen LogP contribution in [0.5, 0.6) is 5.75 Å². The van der Waals surface area contributed by atoms with E-state index in [1.807, 2.05) is 0 Å². The number of hydrogen-bond acceptors (Lipinski definition) is 11. The summed E-state index contributed by atoms with van der Waals surface area (Å²) in [4.78, 5) is 29.6. The number of hydrogen-bond donors (Lipinski definition) is 6. The lowest BCUT2D eigenvalue weighted by Gasteiger charge is -2.18. The predicted octanol–water partition coefficient (Wildman–Crippen LogP) is -0.819. The number of aromatic nitrogens is 3. The minimum Gasteiger partial charge on any atom is -0.506 e. The van der Waals surface area contributed by atoms with Crippen LogP contribution in [0.15, 0.2) is 23.3 Å². The van der Waals surface area contributed by atoms with Crippen molar-refractivity contribution in [2.75, 3.05) is 18.5 Å². The van der Waals surface area contributed by atoms with Crippen LogP contribution in [0.2, 0.25) is 0 Å². The molecule has 5 unspecified atom stereocenters. The maximum atomic E-state index is 12.4. The van der Waals surface area contributed by atoms with Crippen LogP contribution in [-0.2, 0) is 26.9 Å². The van der Waals surface area contributed by atoms with Gasteiger partial charge in [0.2, 0.25) is 0 Å². The Kier molecular flexibility index (Phi) is 7.85. The molecule has 3 rings (SSSR count). The van der Waals surface area contributed by atoms with E-state index in [1.54, 1.807) is 6.92 Å². The van der Waals surface area contributed by atoms with E-state index in [0.29, 0.717) is 16.8 Å². The minimum absolute atomic E-state index is 0.0215. The second kappa shape index (κ2) is 10.3. The molecule has 0 aromatic carbocycles. The first kappa shape index (κ1) is 25.2. The van der Waals surface area contributed by atoms with Gasteiger partial charge in [0.15, 0.2) is 6.23 Å². The number of anilines is 1. The standard InChI is InChI=1S/C19H27N4O9P/c1-10-15(25)12(11(8-24)7-21-10)3-2-6-33(29,30)31-9-13-16(26)17(27)18(32-13)23-5-4-14(20)22-19(23)28/h4-5,7,13,16-18,24-27H,2-3,6,8-9H2,1H3,(H,29,30)(H2,20,22,28). The van der Waals surface area contributed by atoms with Crippen LogP contribution in [-0.4, -0.2) is 70.9 Å². The number of nitrogens with zero attached hydrogens (tertiary/aromatic N) is 3. The first-order valence-corrected chi connectivity index (χ1v) is 11.9. The molecule has 0 radical (unpaired) electrons. The van der Waals surface area contributed by atoms with E-state index in [1.165, 1.54) is 18.5 Å². The van der Waals surface area contributed by atoms with Crippen LogP contribution in [0, 0.1) is 6.92 Å². The van der Waals surface area contributed by atoms with E-state index in [0.717, 1.165) is 4.57 Å². The molecular formula is C19H27N4O9P. The quantitative estimate of drug-likeness (QED) is 0.240. The van der Waals surface area contributed by atoms with E-state index in [-0.39, 0.29) is 37.2 Å². The molecular weight excluding hydrogens is 459 g/mol. The van der Waals surface area contributed by atoms with Crippen molar-refractivity contribution in [1.29, 1.82) is 0 Å². The molecule has 1 aliphatic heterocycles. The average Bonchev–Trinajstić information content (AvgIpc) is 3.04. The van der Waals surface area contributed by atoms with Crippen LogP contribution in [0.25, 0.3) is 0 Å². The van der Waals surface area contributed by atoms with Gasteiger partial charge >= 0.3 is 13.3 Å². The zero-order valence-electron chi connectivity index (χ0n) is 17.8. The van der Waals surface area contributed by atoms with Crippen molar-refractivity contribution >= 4 is 13.4 Å². The lowest BCUT2D eigenvalue weighted by Crippen LogP contribution is -2.36. The molecule has 1 fully saturated rings. The van der Waals surface area contributed by atoms with Gasteiger partial charge in [-0.25, -0.2) is 4.79 Å². The van der Waals surface area contributed by atoms with Gasteiger partial charge in [0.25, 0.3) is 0 Å². The summed E-state index contributed by atoms with van der Waals surface area (Å²) < 4.78 is 23.9. The second-order valence-corrected chi connectivity index (χ2v) is 9.68. The fourth-order valence-electron chi connectivity index (χ4n) is 3.53. The lowest BCUT2D eigenvalue weighted by atomic mass is 10.0. The van der Waals surface area contributed by atoms with Crippen LogP contribution in [0.3, 0.4) is 0 Å². The largest absolute Gasteiger partial charge is 0.506 e. The number of aromatic hydroxyl groups is 1. The summed E-state index contributed by atoms with van der Waals surface area (Å²) in [5.74, 6) is -0.100. The highest BCUT2D eigenvalue weighted by atomic mass is 31.2. The number of pyridine rings is 1. The van der Waals surface area contributed by atoms with E-state index in [9.17, 15) is 34.7 Å². The fourth-order valence-corrected chi connectivity index (χ4v) is 4.59. The van der Waals surface area contributed by atoms with Crippen molar-refractivity contribution in [3.63, 3.8) is 0 Å². The zero-order chi connectivity index (χ0) is 24.3. The Bertz CT molecular complexity index is 1100. The van der Waals surface area contributed by atoms with Crippen LogP contribution in [0.4, 0.5) is 5.82 Å². The number of nitrogen functional groups attached to an aromatic ring is 1. The molecule has 2 aromatic rings. The van der Waals surface area contributed by atoms with Gasteiger partial charge in [-0.05, 0) is 25.8 Å². The van der Waals surface area contributed by atoms with E-state index in [2.05, 4.69) is 9.97 Å². The molecule has 1 saturated heterocycles. The third kappa shape index (κ3) is 5.76. The number of ether oxygens (including phenoxy) is 1. The monoisotopic (exact) mass is 486 g/mol. The molecule has 2 aromatic heterocycles. The highest BCUT2D eigenvalue weighted by Crippen LogP contribution is 2.44. The van der Waals surface area contributed by atoms with Crippen LogP contribution in [0.1, 0.15) is 29.5 Å². The molecule has 0 spiro atoms. The molecule has 13 nitrogen and oxygen atoms in total. The topological polar surface area (TPSA) is 210 Å². The summed E-state index contributed by atoms with van der Waals surface area (Å²) in [6.07, 6.45) is -2.67. The van der Waals surface area contributed by atoms with Crippen molar-refractivity contribution in [2.45, 2.75) is 50.9 Å². The van der Waals surface area contributed by atoms with Gasteiger partial charge < -0.3 is 40.3 Å². The van der Waals surface area contributed by atoms with Gasteiger partial charge in [-0.3, -0.25) is 14.1 Å². The van der Waals surface area contributed by atoms with Crippen molar-refractivity contribution in [1.82, 2.24) is 14.5 Å². The number of aryl methyl sites for hydroxylation is 1. The number of aliphatic hydroxyl groups excluding tert-OH is 3. The molecule has 3 heterocycles. The SMILES string of the molecule is Cc1ncc(CO)c(CCCP(=O)(O)OCC2OC(n3ccc(N)nc3=O)C(O)C2O)c1O. The Labute approximate surface area is 188 Å². The van der Waals surface area contributed by atoms with Crippen molar-refractivity contribution in [3.8, 4) is 5.75 Å². The fraction of sp³-hybridized carbons (Fsp3) is 0.526. The molecule has 33 heavy (non-hydrogen) atoms. The first-order chi connectivity index (χ1) is 15.5. The lowest BCUT2D eigenvalue weighted by molar-refractivity contribution is -0.0524. The molecule has 1 aliphatic rings. The molecule has 182 valence electrons. The summed E-state index contributed by atoms with van der Waals surface area (Å²) in [5, 5.41) is 40.0. The molecule has 0 aliphatic carbocycles. The summed E-state index contributed by atoms with van der Waals surface area (Å²) in [6.45, 7) is 0.751. The van der Waals surface area contributed by atoms with E-state index in [4.69, 9.17) is 15.0 Å². The van der Waals surface area contributed by atoms with E-state index >= 15 is 0 Å². The molecule has 5 atom stereocenters. The summed E-state index contributed by atoms with van der Waals surface area (Å²) in [6, 6.07) is 1.32. The Morgan fingerprint density at radius 3 is 2.73 bits per heavy atom. The van der Waals surface area contributed by atoms with Crippen molar-refractivity contribution in [3.05, 3.63) is 45.8 Å². The molecule has 0 bridgehead atoms. The Balaban J connectivity index is 1.57. The van der Waals surface area contributed by atoms with Gasteiger partial charge in [0.05, 0.1) is 25.1 Å². The second-order valence-electron chi connectivity index (χ2n) is 7.70. The maximum Gasteiger partial charge on any atom is 0.351 e. The van der Waals surface area contributed by atoms with Gasteiger partial charge in [-0.1, -0.05) is 0 Å². The number of rotatable bonds is 9. The molecule has 0 amide bonds. The third-order valence-corrected chi connectivity index (χ3v) is 6.81. The highest BCUT2D eigenvalue weighted by Gasteiger charge is 2.45. The zero-order valence-corrected chi connectivity index (χ0v) is 18.7. The Hall–Kier alpha value is -2.38. The van der Waals surface area contributed by atoms with Gasteiger partial charge in [0.1, 0.15) is 29.9 Å². The molecule has 14 heteroatoms. The average molecular weight is 486 g/mol. The molecule has 0 saturated carbocycles. The number of nitrogens with two attached hydrogens (primary N) is 1. The molecule has 7 N–H and O–H groups in total. The Morgan fingerprint density at radius 1 is 1.33 bits per heavy atom. The van der Waals surface area contributed by atoms with Crippen molar-refractivity contribution in [2.24, 2.45) is 0 Å². The maximum absolute atomic E-state index is 12.4. The van der Waals surface area contributed by atoms with Gasteiger partial charge in [0, 0.05) is 23.5 Å². The van der Waals surface area contributed by atoms with E-state index < -0.39 is 44.4 Å². The predicted molar refractivity (Wildman–Crippen MR) is 114 cm³/mol. The minimum atomic E-state index is -4.12. The van der Waals surface area contributed by atoms with Gasteiger partial charge in [-0.15, -0.1) is 0 Å². The number of aliphatic hydroxyl groups is 3. The smallest absolute Gasteiger partial charge is 0.351 e. The van der Waals surface area contributed by atoms with Crippen LogP contribution >= 0.6 is 7.60 Å². The van der Waals surface area contributed by atoms with Crippen LogP contribution < -0.4 is 11.4 Å². The third-order valence-electron chi connectivity index (χ3n) is 5.37. The summed E-state index contributed by atoms with van der Waals surface area (Å²) in [7, 11) is -4.12. The first-order valence-electron chi connectivity index (χ1n) is 10.1. The van der Waals surface area contributed by atoms with Crippen molar-refractivity contribution < 1.29 is 39.1 Å². The summed E-state index contributed by atoms with van der Waals surface area (Å²) >= 11 is 0. The Morgan fingerprint density at radius 2 is 2.06 bits per heavy atom. The normalized spacial score (nSPS) is 24.6. The highest BCUT2D eigenvalue weighted by molar-refractivity contribution is 7.52.